The van der Waals surface area contributed by atoms with Crippen LogP contribution in [-0.4, -0.2) is 32.4 Å². The number of hydrogen-bond donors (Lipinski definition) is 2. The van der Waals surface area contributed by atoms with E-state index in [4.69, 9.17) is 33.7 Å². The highest BCUT2D eigenvalue weighted by Crippen LogP contribution is 2.34. The molecule has 0 fully saturated rings. The third kappa shape index (κ3) is 7.11. The van der Waals surface area contributed by atoms with Crippen LogP contribution in [0.3, 0.4) is 0 Å². The Kier molecular flexibility index (Phi) is 8.82. The molecule has 8 nitrogen and oxygen atoms in total. The number of hydrogen-bond acceptors (Lipinski definition) is 6. The lowest BCUT2D eigenvalue weighted by atomic mass is 10.0. The van der Waals surface area contributed by atoms with Gasteiger partial charge in [-0.25, -0.2) is 8.42 Å². The number of fused-ring (bicyclic) bond motifs is 1. The highest BCUT2D eigenvalue weighted by atomic mass is 35.5. The molecule has 0 aliphatic heterocycles. The molecule has 0 saturated carbocycles. The van der Waals surface area contributed by atoms with Crippen LogP contribution in [0.25, 0.3) is 10.8 Å². The summed E-state index contributed by atoms with van der Waals surface area (Å²) in [4.78, 5) is 26.0. The number of carbonyl (C=O) groups is 2. The molecule has 0 aromatic heterocycles. The van der Waals surface area contributed by atoms with Gasteiger partial charge in [0.15, 0.2) is 0 Å². The molecule has 41 heavy (non-hydrogen) atoms. The molecule has 1 amide bonds. The zero-order valence-corrected chi connectivity index (χ0v) is 25.0. The molecule has 0 atom stereocenters. The maximum absolute atomic E-state index is 14.0. The molecule has 0 saturated heterocycles. The third-order valence-corrected chi connectivity index (χ3v) is 8.20. The molecular weight excluding hydrogens is 585 g/mol. The van der Waals surface area contributed by atoms with E-state index in [1.807, 2.05) is 12.1 Å². The van der Waals surface area contributed by atoms with Crippen LogP contribution in [0.15, 0.2) is 83.8 Å². The quantitative estimate of drug-likeness (QED) is 0.180. The van der Waals surface area contributed by atoms with Crippen molar-refractivity contribution < 1.29 is 22.7 Å². The number of halogens is 2. The van der Waals surface area contributed by atoms with Crippen molar-refractivity contribution in [2.75, 3.05) is 16.6 Å². The molecule has 0 heterocycles. The molecule has 0 aliphatic rings. The molecule has 11 heteroatoms. The first-order valence-electron chi connectivity index (χ1n) is 12.6. The van der Waals surface area contributed by atoms with Crippen LogP contribution in [0.4, 0.5) is 11.4 Å². The molecule has 0 aliphatic carbocycles. The molecule has 214 valence electrons. The summed E-state index contributed by atoms with van der Waals surface area (Å²) in [6.45, 7) is 4.63. The summed E-state index contributed by atoms with van der Waals surface area (Å²) in [7, 11) is -4.38. The SMILES string of the molecule is CC(C)(C)OC(=O)CN(c1cccc2c(C(=O)NCc3ccccc3N)cccc12)S(=O)(=O)c1cc(Cl)cc(Cl)c1. The van der Waals surface area contributed by atoms with Crippen LogP contribution in [-0.2, 0) is 26.1 Å². The Morgan fingerprint density at radius 3 is 2.20 bits per heavy atom. The zero-order chi connectivity index (χ0) is 29.9. The van der Waals surface area contributed by atoms with Gasteiger partial charge in [-0.3, -0.25) is 13.9 Å². The number of para-hydroxylation sites is 1. The minimum Gasteiger partial charge on any atom is -0.459 e. The Labute approximate surface area is 249 Å². The summed E-state index contributed by atoms with van der Waals surface area (Å²) in [6, 6.07) is 21.0. The highest BCUT2D eigenvalue weighted by Gasteiger charge is 2.31. The number of amides is 1. The molecule has 4 rings (SSSR count). The van der Waals surface area contributed by atoms with Crippen molar-refractivity contribution in [1.82, 2.24) is 5.32 Å². The van der Waals surface area contributed by atoms with Gasteiger partial charge in [-0.05, 0) is 68.1 Å². The van der Waals surface area contributed by atoms with Gasteiger partial charge in [0.05, 0.1) is 10.6 Å². The maximum Gasteiger partial charge on any atom is 0.327 e. The first-order chi connectivity index (χ1) is 19.3. The van der Waals surface area contributed by atoms with E-state index in [-0.39, 0.29) is 33.1 Å². The van der Waals surface area contributed by atoms with Gasteiger partial charge in [0.1, 0.15) is 12.1 Å². The maximum atomic E-state index is 14.0. The van der Waals surface area contributed by atoms with Crippen molar-refractivity contribution in [2.24, 2.45) is 0 Å². The number of sulfonamides is 1. The predicted molar refractivity (Wildman–Crippen MR) is 163 cm³/mol. The van der Waals surface area contributed by atoms with E-state index in [1.165, 1.54) is 18.2 Å². The summed E-state index contributed by atoms with van der Waals surface area (Å²) in [5, 5.41) is 4.01. The summed E-state index contributed by atoms with van der Waals surface area (Å²) in [5.74, 6) is -1.14. The predicted octanol–water partition coefficient (Wildman–Crippen LogP) is 6.20. The Bertz CT molecular complexity index is 1720. The topological polar surface area (TPSA) is 119 Å². The van der Waals surface area contributed by atoms with Crippen LogP contribution >= 0.6 is 23.2 Å². The van der Waals surface area contributed by atoms with E-state index >= 15 is 0 Å². The molecular formula is C30H29Cl2N3O5S. The van der Waals surface area contributed by atoms with Crippen molar-refractivity contribution in [3.05, 3.63) is 100 Å². The number of nitrogens with two attached hydrogens (primary N) is 1. The number of nitrogens with zero attached hydrogens (tertiary/aromatic N) is 1. The molecule has 0 bridgehead atoms. The van der Waals surface area contributed by atoms with Gasteiger partial charge in [0.25, 0.3) is 15.9 Å². The van der Waals surface area contributed by atoms with Crippen LogP contribution in [0.5, 0.6) is 0 Å². The lowest BCUT2D eigenvalue weighted by Gasteiger charge is -2.27. The highest BCUT2D eigenvalue weighted by molar-refractivity contribution is 7.93. The van der Waals surface area contributed by atoms with E-state index in [2.05, 4.69) is 5.32 Å². The van der Waals surface area contributed by atoms with Gasteiger partial charge in [0, 0.05) is 33.2 Å². The summed E-state index contributed by atoms with van der Waals surface area (Å²) in [6.07, 6.45) is 0. The third-order valence-electron chi connectivity index (χ3n) is 6.02. The Morgan fingerprint density at radius 1 is 0.902 bits per heavy atom. The van der Waals surface area contributed by atoms with Crippen LogP contribution in [0.2, 0.25) is 10.0 Å². The molecule has 0 radical (unpaired) electrons. The molecule has 3 N–H and O–H groups in total. The van der Waals surface area contributed by atoms with Crippen molar-refractivity contribution in [3.63, 3.8) is 0 Å². The average molecular weight is 615 g/mol. The Hall–Kier alpha value is -3.79. The number of ether oxygens (including phenoxy) is 1. The normalized spacial score (nSPS) is 11.7. The molecule has 0 unspecified atom stereocenters. The van der Waals surface area contributed by atoms with Gasteiger partial charge < -0.3 is 15.8 Å². The van der Waals surface area contributed by atoms with Crippen molar-refractivity contribution in [2.45, 2.75) is 37.8 Å². The largest absolute Gasteiger partial charge is 0.459 e. The van der Waals surface area contributed by atoms with Crippen LogP contribution < -0.4 is 15.4 Å². The van der Waals surface area contributed by atoms with Crippen LogP contribution in [0.1, 0.15) is 36.7 Å². The van der Waals surface area contributed by atoms with E-state index < -0.39 is 28.1 Å². The van der Waals surface area contributed by atoms with Gasteiger partial charge in [-0.1, -0.05) is 65.7 Å². The lowest BCUT2D eigenvalue weighted by molar-refractivity contribution is -0.152. The summed E-state index contributed by atoms with van der Waals surface area (Å²) < 4.78 is 34.4. The van der Waals surface area contributed by atoms with E-state index in [0.717, 1.165) is 9.87 Å². The van der Waals surface area contributed by atoms with Gasteiger partial charge in [0.2, 0.25) is 0 Å². The lowest BCUT2D eigenvalue weighted by Crippen LogP contribution is -2.39. The second-order valence-corrected chi connectivity index (χ2v) is 13.0. The Balaban J connectivity index is 1.80. The fourth-order valence-electron chi connectivity index (χ4n) is 4.27. The van der Waals surface area contributed by atoms with Gasteiger partial charge in [-0.15, -0.1) is 0 Å². The molecule has 4 aromatic carbocycles. The molecule has 4 aromatic rings. The number of nitrogens with one attached hydrogen (secondary N) is 1. The first kappa shape index (κ1) is 30.2. The standard InChI is InChI=1S/C30H29Cl2N3O5S/c1-30(2,3)40-28(36)18-35(41(38,39)22-15-20(31)14-21(32)16-22)27-13-7-9-23-24(27)10-6-11-25(23)29(37)34-17-19-8-4-5-12-26(19)33/h4-16H,17-18,33H2,1-3H3,(H,34,37). The average Bonchev–Trinajstić information content (AvgIpc) is 2.89. The number of nitrogen functional groups attached to an aromatic ring is 1. The number of rotatable bonds is 8. The number of carbonyl (C=O) groups excluding carboxylic acids is 2. The minimum absolute atomic E-state index is 0.115. The number of anilines is 2. The fraction of sp³-hybridized carbons (Fsp3) is 0.200. The van der Waals surface area contributed by atoms with Gasteiger partial charge >= 0.3 is 5.97 Å². The number of esters is 1. The minimum atomic E-state index is -4.38. The second-order valence-electron chi connectivity index (χ2n) is 10.3. The summed E-state index contributed by atoms with van der Waals surface area (Å²) in [5.41, 5.74) is 6.96. The van der Waals surface area contributed by atoms with E-state index in [0.29, 0.717) is 22.0 Å². The monoisotopic (exact) mass is 613 g/mol. The van der Waals surface area contributed by atoms with Crippen molar-refractivity contribution in [1.29, 1.82) is 0 Å². The Morgan fingerprint density at radius 2 is 1.54 bits per heavy atom. The van der Waals surface area contributed by atoms with Crippen LogP contribution in [0, 0.1) is 0 Å². The van der Waals surface area contributed by atoms with E-state index in [1.54, 1.807) is 69.3 Å². The van der Waals surface area contributed by atoms with E-state index in [9.17, 15) is 18.0 Å². The van der Waals surface area contributed by atoms with Gasteiger partial charge in [-0.2, -0.15) is 0 Å². The number of benzene rings is 4. The second kappa shape index (κ2) is 12.0. The summed E-state index contributed by atoms with van der Waals surface area (Å²) >= 11 is 12.2. The fourth-order valence-corrected chi connectivity index (χ4v) is 6.43. The first-order valence-corrected chi connectivity index (χ1v) is 14.8. The smallest absolute Gasteiger partial charge is 0.327 e. The van der Waals surface area contributed by atoms with Crippen molar-refractivity contribution >= 4 is 67.2 Å². The molecule has 0 spiro atoms. The zero-order valence-electron chi connectivity index (χ0n) is 22.6. The van der Waals surface area contributed by atoms with Crippen molar-refractivity contribution in [3.8, 4) is 0 Å².